The molecule has 2 N–H and O–H groups in total. The molecular weight excluding hydrogens is 689 g/mol. The zero-order valence-electron chi connectivity index (χ0n) is 21.3. The number of fused-ring (bicyclic) bond motifs is 20. The smallest absolute Gasteiger partial charge is 0.324 e. The minimum atomic E-state index is 0. The number of benzene rings is 4. The Kier molecular flexibility index (Phi) is 5.19. The summed E-state index contributed by atoms with van der Waals surface area (Å²) in [6.07, 6.45) is 0. The molecule has 0 saturated heterocycles. The summed E-state index contributed by atoms with van der Waals surface area (Å²) < 4.78 is 0. The van der Waals surface area contributed by atoms with E-state index in [1.807, 2.05) is 97.1 Å². The average molecular weight is 707 g/mol. The SMILES string of the molecule is [Ir+3].c1ccc2c(c1)-c1nc-2nc2[nH]c(nc3nc(nc4[nH]c(n1)c1ccccc41)-c1ccccc1-3)c1ccccc21. The molecule has 7 aromatic rings. The monoisotopic (exact) mass is 707 g/mol. The van der Waals surface area contributed by atoms with Gasteiger partial charge in [0.15, 0.2) is 23.3 Å². The number of nitrogens with one attached hydrogen (secondary N) is 2. The second-order valence-corrected chi connectivity index (χ2v) is 9.79. The van der Waals surface area contributed by atoms with Crippen LogP contribution in [0.15, 0.2) is 97.1 Å². The third-order valence-electron chi connectivity index (χ3n) is 7.46. The van der Waals surface area contributed by atoms with E-state index in [2.05, 4.69) is 9.97 Å². The summed E-state index contributed by atoms with van der Waals surface area (Å²) >= 11 is 0. The maximum Gasteiger partial charge on any atom is 3.00 e. The summed E-state index contributed by atoms with van der Waals surface area (Å²) in [6, 6.07) is 32.2. The molecule has 0 amide bonds. The largest absolute Gasteiger partial charge is 3.00 e. The van der Waals surface area contributed by atoms with Crippen molar-refractivity contribution in [3.63, 3.8) is 0 Å². The summed E-state index contributed by atoms with van der Waals surface area (Å²) in [6.45, 7) is 0. The molecule has 8 bridgehead atoms. The normalized spacial score (nSPS) is 11.7. The summed E-state index contributed by atoms with van der Waals surface area (Å²) in [5.74, 6) is 2.39. The van der Waals surface area contributed by atoms with Gasteiger partial charge in [-0.05, 0) is 0 Å². The van der Waals surface area contributed by atoms with E-state index in [0.717, 1.165) is 43.8 Å². The van der Waals surface area contributed by atoms with Crippen LogP contribution in [0.4, 0.5) is 0 Å². The first-order valence-electron chi connectivity index (χ1n) is 13.0. The van der Waals surface area contributed by atoms with Crippen LogP contribution in [0.5, 0.6) is 0 Å². The standard InChI is InChI=1S/C32H18N8.Ir/c1-2-10-18-17(9-1)25-33-26(18)38-28-21-13-5-6-14-22(21)30(35-28)40-32-24-16-8-7-15-23(24)31(36-32)39-29-20-12-4-3-11-19(20)27(34-29)37-25;/h1-16H,(H2,33,34,35,36,37,38,39,40);/q;+3. The van der Waals surface area contributed by atoms with Crippen LogP contribution in [-0.4, -0.2) is 39.9 Å². The molecular formula is C32H18IrN8+3. The number of nitrogens with zero attached hydrogens (tertiary/aromatic N) is 6. The van der Waals surface area contributed by atoms with Crippen molar-refractivity contribution in [3.8, 4) is 45.6 Å². The van der Waals surface area contributed by atoms with Gasteiger partial charge in [0, 0.05) is 43.8 Å². The minimum absolute atomic E-state index is 0. The molecule has 9 rings (SSSR count). The average Bonchev–Trinajstić information content (AvgIpc) is 3.73. The number of aromatic nitrogens is 8. The van der Waals surface area contributed by atoms with Gasteiger partial charge < -0.3 is 9.97 Å². The van der Waals surface area contributed by atoms with Gasteiger partial charge in [-0.15, -0.1) is 0 Å². The number of hydrogen-bond acceptors (Lipinski definition) is 6. The van der Waals surface area contributed by atoms with E-state index in [9.17, 15) is 0 Å². The van der Waals surface area contributed by atoms with Gasteiger partial charge in [-0.1, -0.05) is 97.1 Å². The number of aromatic amines is 2. The number of H-pyrrole nitrogens is 2. The van der Waals surface area contributed by atoms with Crippen molar-refractivity contribution in [3.05, 3.63) is 97.1 Å². The second kappa shape index (κ2) is 8.96. The molecule has 2 aliphatic rings. The fourth-order valence-corrected chi connectivity index (χ4v) is 5.59. The molecule has 0 fully saturated rings. The Bertz CT molecular complexity index is 2030. The Hall–Kier alpha value is -5.11. The molecule has 0 atom stereocenters. The van der Waals surface area contributed by atoms with Gasteiger partial charge in [0.1, 0.15) is 22.6 Å². The van der Waals surface area contributed by atoms with Crippen LogP contribution >= 0.6 is 0 Å². The fourth-order valence-electron chi connectivity index (χ4n) is 5.59. The van der Waals surface area contributed by atoms with Gasteiger partial charge in [0.2, 0.25) is 0 Å². The van der Waals surface area contributed by atoms with Gasteiger partial charge >= 0.3 is 20.1 Å². The van der Waals surface area contributed by atoms with E-state index >= 15 is 0 Å². The number of hydrogen-bond donors (Lipinski definition) is 2. The molecule has 8 nitrogen and oxygen atoms in total. The summed E-state index contributed by atoms with van der Waals surface area (Å²) in [5, 5.41) is 3.82. The maximum atomic E-state index is 5.02. The topological polar surface area (TPSA) is 109 Å². The van der Waals surface area contributed by atoms with E-state index in [1.165, 1.54) is 0 Å². The summed E-state index contributed by atoms with van der Waals surface area (Å²) in [5.41, 5.74) is 6.45. The molecule has 3 aromatic heterocycles. The van der Waals surface area contributed by atoms with Crippen molar-refractivity contribution in [2.24, 2.45) is 0 Å². The van der Waals surface area contributed by atoms with Gasteiger partial charge in [-0.2, -0.15) is 0 Å². The predicted octanol–water partition coefficient (Wildman–Crippen LogP) is 6.87. The zero-order valence-corrected chi connectivity index (χ0v) is 23.6. The van der Waals surface area contributed by atoms with Crippen molar-refractivity contribution in [1.82, 2.24) is 39.9 Å². The van der Waals surface area contributed by atoms with Crippen LogP contribution in [0.1, 0.15) is 0 Å². The Balaban J connectivity index is 0.00000256. The van der Waals surface area contributed by atoms with Crippen LogP contribution in [0.3, 0.4) is 0 Å². The zero-order chi connectivity index (χ0) is 26.2. The van der Waals surface area contributed by atoms with Crippen molar-refractivity contribution in [2.45, 2.75) is 0 Å². The Labute approximate surface area is 246 Å². The molecule has 41 heavy (non-hydrogen) atoms. The van der Waals surface area contributed by atoms with Crippen molar-refractivity contribution in [1.29, 1.82) is 0 Å². The molecule has 0 saturated carbocycles. The Morgan fingerprint density at radius 3 is 0.829 bits per heavy atom. The molecule has 5 heterocycles. The molecule has 192 valence electrons. The van der Waals surface area contributed by atoms with E-state index in [1.54, 1.807) is 0 Å². The second-order valence-electron chi connectivity index (χ2n) is 9.79. The third kappa shape index (κ3) is 3.57. The molecule has 9 heteroatoms. The minimum Gasteiger partial charge on any atom is -0.324 e. The summed E-state index contributed by atoms with van der Waals surface area (Å²) in [4.78, 5) is 36.8. The van der Waals surface area contributed by atoms with Gasteiger partial charge in [-0.3, -0.25) is 0 Å². The van der Waals surface area contributed by atoms with Crippen LogP contribution in [0.2, 0.25) is 0 Å². The van der Waals surface area contributed by atoms with Gasteiger partial charge in [0.05, 0.1) is 0 Å². The first-order chi connectivity index (χ1) is 19.8. The van der Waals surface area contributed by atoms with E-state index < -0.39 is 0 Å². The fraction of sp³-hybridized carbons (Fsp3) is 0. The molecule has 4 aromatic carbocycles. The van der Waals surface area contributed by atoms with Gasteiger partial charge in [0.25, 0.3) is 0 Å². The molecule has 0 aliphatic carbocycles. The Morgan fingerprint density at radius 2 is 0.561 bits per heavy atom. The van der Waals surface area contributed by atoms with Crippen molar-refractivity contribution in [2.75, 3.05) is 0 Å². The third-order valence-corrected chi connectivity index (χ3v) is 7.46. The van der Waals surface area contributed by atoms with Gasteiger partial charge in [-0.25, -0.2) is 29.9 Å². The van der Waals surface area contributed by atoms with Crippen molar-refractivity contribution >= 4 is 44.1 Å². The quantitative estimate of drug-likeness (QED) is 0.178. The van der Waals surface area contributed by atoms with Crippen LogP contribution in [-0.2, 0) is 20.1 Å². The van der Waals surface area contributed by atoms with Crippen LogP contribution in [0, 0.1) is 0 Å². The van der Waals surface area contributed by atoms with Crippen molar-refractivity contribution < 1.29 is 20.1 Å². The van der Waals surface area contributed by atoms with E-state index in [-0.39, 0.29) is 20.1 Å². The Morgan fingerprint density at radius 1 is 0.317 bits per heavy atom. The first kappa shape index (κ1) is 23.7. The number of rotatable bonds is 0. The van der Waals surface area contributed by atoms with Crippen LogP contribution in [0.25, 0.3) is 89.7 Å². The van der Waals surface area contributed by atoms with E-state index in [0.29, 0.717) is 45.9 Å². The maximum absolute atomic E-state index is 5.02. The predicted molar refractivity (Wildman–Crippen MR) is 156 cm³/mol. The first-order valence-corrected chi connectivity index (χ1v) is 13.0. The summed E-state index contributed by atoms with van der Waals surface area (Å²) in [7, 11) is 0. The molecule has 0 unspecified atom stereocenters. The molecule has 0 spiro atoms. The van der Waals surface area contributed by atoms with E-state index in [4.69, 9.17) is 29.9 Å². The van der Waals surface area contributed by atoms with Crippen LogP contribution < -0.4 is 0 Å². The molecule has 0 radical (unpaired) electrons. The molecule has 2 aliphatic heterocycles.